The van der Waals surface area contributed by atoms with E-state index in [4.69, 9.17) is 5.73 Å². The fourth-order valence-corrected chi connectivity index (χ4v) is 3.64. The lowest BCUT2D eigenvalue weighted by atomic mass is 9.98. The Kier molecular flexibility index (Phi) is 4.04. The highest BCUT2D eigenvalue weighted by Crippen LogP contribution is 2.34. The summed E-state index contributed by atoms with van der Waals surface area (Å²) in [5.41, 5.74) is 5.45. The first-order chi connectivity index (χ1) is 11.4. The molecule has 2 aliphatic rings. The van der Waals surface area contributed by atoms with Crippen LogP contribution < -0.4 is 11.1 Å². The van der Waals surface area contributed by atoms with E-state index in [9.17, 15) is 14.4 Å². The third kappa shape index (κ3) is 2.54. The highest BCUT2D eigenvalue weighted by molar-refractivity contribution is 6.07. The molecule has 2 saturated heterocycles. The van der Waals surface area contributed by atoms with Crippen molar-refractivity contribution in [1.29, 1.82) is 0 Å². The topological polar surface area (TPSA) is 95.7 Å². The summed E-state index contributed by atoms with van der Waals surface area (Å²) < 4.78 is 0. The van der Waals surface area contributed by atoms with Crippen molar-refractivity contribution in [3.8, 4) is 0 Å². The lowest BCUT2D eigenvalue weighted by Crippen LogP contribution is -2.50. The van der Waals surface area contributed by atoms with Crippen molar-refractivity contribution < 1.29 is 14.4 Å². The molecule has 0 radical (unpaired) electrons. The zero-order valence-corrected chi connectivity index (χ0v) is 13.9. The van der Waals surface area contributed by atoms with E-state index in [2.05, 4.69) is 5.32 Å². The fourth-order valence-electron chi connectivity index (χ4n) is 3.64. The van der Waals surface area contributed by atoms with Gasteiger partial charge in [0.1, 0.15) is 11.6 Å². The van der Waals surface area contributed by atoms with Crippen molar-refractivity contribution in [1.82, 2.24) is 15.1 Å². The average Bonchev–Trinajstić information content (AvgIpc) is 3.02. The molecular formula is C17H22N4O3. The van der Waals surface area contributed by atoms with Crippen LogP contribution in [0.1, 0.15) is 31.9 Å². The zero-order valence-electron chi connectivity index (χ0n) is 13.9. The lowest BCUT2D eigenvalue weighted by Gasteiger charge is -2.27. The molecule has 2 atom stereocenters. The van der Waals surface area contributed by atoms with Crippen LogP contribution in [-0.4, -0.2) is 52.3 Å². The molecule has 0 bridgehead atoms. The van der Waals surface area contributed by atoms with Crippen molar-refractivity contribution in [2.75, 3.05) is 13.1 Å². The van der Waals surface area contributed by atoms with Gasteiger partial charge < -0.3 is 11.1 Å². The predicted octanol–water partition coefficient (Wildman–Crippen LogP) is 0.618. The molecule has 2 heterocycles. The number of imide groups is 1. The lowest BCUT2D eigenvalue weighted by molar-refractivity contribution is -0.132. The first kappa shape index (κ1) is 16.4. The Morgan fingerprint density at radius 2 is 1.92 bits per heavy atom. The number of carbonyl (C=O) groups excluding carboxylic acids is 3. The monoisotopic (exact) mass is 330 g/mol. The van der Waals surface area contributed by atoms with E-state index in [1.165, 1.54) is 4.90 Å². The largest absolute Gasteiger partial charge is 0.368 e. The maximum atomic E-state index is 12.8. The van der Waals surface area contributed by atoms with Crippen LogP contribution in [0.4, 0.5) is 4.79 Å². The van der Waals surface area contributed by atoms with Crippen molar-refractivity contribution >= 4 is 17.8 Å². The Hall–Kier alpha value is -2.41. The molecule has 7 heteroatoms. The molecule has 0 unspecified atom stereocenters. The standard InChI is InChI=1S/C17H22N4O3/c1-11(2)21-15(23)17(19-16(21)24)8-9-20(10-17)13(14(18)22)12-6-4-3-5-7-12/h3-7,11,13H,8-10H2,1-2H3,(H2,18,22)(H,19,24)/t13-,17-/m0/s1. The minimum atomic E-state index is -0.955. The maximum absolute atomic E-state index is 12.8. The molecule has 24 heavy (non-hydrogen) atoms. The van der Waals surface area contributed by atoms with Gasteiger partial charge in [-0.2, -0.15) is 0 Å². The Morgan fingerprint density at radius 3 is 2.46 bits per heavy atom. The summed E-state index contributed by atoms with van der Waals surface area (Å²) in [4.78, 5) is 40.0. The third-order valence-electron chi connectivity index (χ3n) is 4.76. The van der Waals surface area contributed by atoms with E-state index in [1.807, 2.05) is 35.2 Å². The van der Waals surface area contributed by atoms with Gasteiger partial charge in [-0.1, -0.05) is 30.3 Å². The summed E-state index contributed by atoms with van der Waals surface area (Å²) in [6, 6.07) is 8.07. The van der Waals surface area contributed by atoms with E-state index >= 15 is 0 Å². The third-order valence-corrected chi connectivity index (χ3v) is 4.76. The molecule has 0 aliphatic carbocycles. The van der Waals surface area contributed by atoms with Crippen molar-refractivity contribution in [3.05, 3.63) is 35.9 Å². The number of hydrogen-bond donors (Lipinski definition) is 2. The number of carbonyl (C=O) groups is 3. The number of urea groups is 1. The number of hydrogen-bond acceptors (Lipinski definition) is 4. The Morgan fingerprint density at radius 1 is 1.25 bits per heavy atom. The molecule has 4 amide bonds. The van der Waals surface area contributed by atoms with Crippen LogP contribution >= 0.6 is 0 Å². The highest BCUT2D eigenvalue weighted by Gasteiger charge is 2.56. The number of likely N-dealkylation sites (tertiary alicyclic amines) is 1. The van der Waals surface area contributed by atoms with Gasteiger partial charge in [0.2, 0.25) is 5.91 Å². The fraction of sp³-hybridized carbons (Fsp3) is 0.471. The van der Waals surface area contributed by atoms with E-state index in [1.54, 1.807) is 13.8 Å². The summed E-state index contributed by atoms with van der Waals surface area (Å²) in [6.45, 7) is 4.41. The molecule has 2 fully saturated rings. The molecule has 0 saturated carbocycles. The van der Waals surface area contributed by atoms with E-state index in [0.29, 0.717) is 13.0 Å². The molecule has 128 valence electrons. The van der Waals surface area contributed by atoms with Gasteiger partial charge in [-0.05, 0) is 25.8 Å². The molecule has 1 aromatic carbocycles. The van der Waals surface area contributed by atoms with Crippen LogP contribution in [0.15, 0.2) is 30.3 Å². The Balaban J connectivity index is 1.86. The predicted molar refractivity (Wildman–Crippen MR) is 87.8 cm³/mol. The molecule has 3 N–H and O–H groups in total. The van der Waals surface area contributed by atoms with Crippen LogP contribution in [0.25, 0.3) is 0 Å². The van der Waals surface area contributed by atoms with Crippen LogP contribution in [0.3, 0.4) is 0 Å². The van der Waals surface area contributed by atoms with Gasteiger partial charge in [0.25, 0.3) is 5.91 Å². The summed E-state index contributed by atoms with van der Waals surface area (Å²) in [7, 11) is 0. The molecular weight excluding hydrogens is 308 g/mol. The summed E-state index contributed by atoms with van der Waals surface area (Å²) in [6.07, 6.45) is 0.470. The normalized spacial score (nSPS) is 25.5. The quantitative estimate of drug-likeness (QED) is 0.791. The number of nitrogens with zero attached hydrogens (tertiary/aromatic N) is 2. The minimum Gasteiger partial charge on any atom is -0.368 e. The number of benzene rings is 1. The van der Waals surface area contributed by atoms with Gasteiger partial charge in [-0.3, -0.25) is 19.4 Å². The number of nitrogens with two attached hydrogens (primary N) is 1. The molecule has 0 aromatic heterocycles. The van der Waals surface area contributed by atoms with Gasteiger partial charge in [0.05, 0.1) is 0 Å². The number of rotatable bonds is 4. The smallest absolute Gasteiger partial charge is 0.325 e. The summed E-state index contributed by atoms with van der Waals surface area (Å²) in [5, 5.41) is 2.83. The van der Waals surface area contributed by atoms with E-state index in [0.717, 1.165) is 5.56 Å². The van der Waals surface area contributed by atoms with Gasteiger partial charge >= 0.3 is 6.03 Å². The van der Waals surface area contributed by atoms with Crippen LogP contribution in [-0.2, 0) is 9.59 Å². The molecule has 2 aliphatic heterocycles. The van der Waals surface area contributed by atoms with Gasteiger partial charge in [-0.25, -0.2) is 4.79 Å². The van der Waals surface area contributed by atoms with Crippen molar-refractivity contribution in [2.45, 2.75) is 37.9 Å². The van der Waals surface area contributed by atoms with Crippen molar-refractivity contribution in [2.24, 2.45) is 5.73 Å². The van der Waals surface area contributed by atoms with E-state index < -0.39 is 17.5 Å². The molecule has 1 spiro atoms. The zero-order chi connectivity index (χ0) is 17.5. The van der Waals surface area contributed by atoms with Gasteiger partial charge in [0, 0.05) is 19.1 Å². The summed E-state index contributed by atoms with van der Waals surface area (Å²) >= 11 is 0. The first-order valence-corrected chi connectivity index (χ1v) is 8.10. The molecule has 7 nitrogen and oxygen atoms in total. The number of nitrogens with one attached hydrogen (secondary N) is 1. The van der Waals surface area contributed by atoms with Gasteiger partial charge in [-0.15, -0.1) is 0 Å². The maximum Gasteiger partial charge on any atom is 0.325 e. The second-order valence-electron chi connectivity index (χ2n) is 6.72. The number of amides is 4. The van der Waals surface area contributed by atoms with Gasteiger partial charge in [0.15, 0.2) is 0 Å². The SMILES string of the molecule is CC(C)N1C(=O)N[C@]2(CCN([C@H](C(N)=O)c3ccccc3)C2)C1=O. The second kappa shape index (κ2) is 5.90. The van der Waals surface area contributed by atoms with E-state index in [-0.39, 0.29) is 24.5 Å². The Bertz CT molecular complexity index is 676. The number of primary amides is 1. The van der Waals surface area contributed by atoms with Crippen LogP contribution in [0, 0.1) is 0 Å². The second-order valence-corrected chi connectivity index (χ2v) is 6.72. The Labute approximate surface area is 140 Å². The van der Waals surface area contributed by atoms with Crippen LogP contribution in [0.5, 0.6) is 0 Å². The van der Waals surface area contributed by atoms with Crippen molar-refractivity contribution in [3.63, 3.8) is 0 Å². The summed E-state index contributed by atoms with van der Waals surface area (Å²) in [5.74, 6) is -0.683. The van der Waals surface area contributed by atoms with Crippen LogP contribution in [0.2, 0.25) is 0 Å². The molecule has 3 rings (SSSR count). The average molecular weight is 330 g/mol. The molecule has 1 aromatic rings. The first-order valence-electron chi connectivity index (χ1n) is 8.10. The minimum absolute atomic E-state index is 0.202. The highest BCUT2D eigenvalue weighted by atomic mass is 16.2.